The van der Waals surface area contributed by atoms with Crippen LogP contribution in [0.25, 0.3) is 21.6 Å². The number of amides is 1. The van der Waals surface area contributed by atoms with Crippen LogP contribution in [0.5, 0.6) is 0 Å². The highest BCUT2D eigenvalue weighted by molar-refractivity contribution is 7.11. The zero-order valence-corrected chi connectivity index (χ0v) is 16.3. The van der Waals surface area contributed by atoms with Crippen molar-refractivity contribution in [2.24, 2.45) is 5.73 Å². The van der Waals surface area contributed by atoms with Crippen LogP contribution in [0.4, 0.5) is 10.2 Å². The van der Waals surface area contributed by atoms with Crippen LogP contribution in [-0.4, -0.2) is 25.5 Å². The molecule has 0 radical (unpaired) electrons. The maximum atomic E-state index is 13.4. The van der Waals surface area contributed by atoms with Gasteiger partial charge in [0.05, 0.1) is 11.1 Å². The normalized spacial score (nSPS) is 11.0. The number of anilines is 1. The first kappa shape index (κ1) is 18.9. The molecule has 3 N–H and O–H groups in total. The number of hydrogen-bond acceptors (Lipinski definition) is 7. The van der Waals surface area contributed by atoms with Gasteiger partial charge in [0, 0.05) is 11.9 Å². The van der Waals surface area contributed by atoms with E-state index in [2.05, 4.69) is 24.9 Å². The number of aromatic nitrogens is 4. The van der Waals surface area contributed by atoms with Crippen LogP contribution in [0.2, 0.25) is 0 Å². The average molecular weight is 408 g/mol. The Bertz CT molecular complexity index is 1210. The predicted molar refractivity (Wildman–Crippen MR) is 110 cm³/mol. The lowest BCUT2D eigenvalue weighted by Crippen LogP contribution is -2.11. The second-order valence-corrected chi connectivity index (χ2v) is 7.12. The highest BCUT2D eigenvalue weighted by atomic mass is 32.1. The number of fused-ring (bicyclic) bond motifs is 1. The molecule has 7 nitrogen and oxygen atoms in total. The molecule has 2 aromatic heterocycles. The molecule has 29 heavy (non-hydrogen) atoms. The fourth-order valence-electron chi connectivity index (χ4n) is 2.98. The number of hydrogen-bond donors (Lipinski definition) is 2. The van der Waals surface area contributed by atoms with Crippen molar-refractivity contribution < 1.29 is 9.18 Å². The number of nitrogens with one attached hydrogen (secondary N) is 1. The molecule has 0 saturated heterocycles. The molecule has 4 aromatic rings. The number of rotatable bonds is 6. The molecule has 2 heterocycles. The Kier molecular flexibility index (Phi) is 5.13. The minimum absolute atomic E-state index is 0.289. The van der Waals surface area contributed by atoms with Crippen molar-refractivity contribution in [3.05, 3.63) is 65.1 Å². The lowest BCUT2D eigenvalue weighted by molar-refractivity contribution is 0.100. The molecule has 1 amide bonds. The van der Waals surface area contributed by atoms with E-state index < -0.39 is 5.91 Å². The Morgan fingerprint density at radius 2 is 2.03 bits per heavy atom. The first-order valence-electron chi connectivity index (χ1n) is 8.97. The average Bonchev–Trinajstić information content (AvgIpc) is 3.16. The summed E-state index contributed by atoms with van der Waals surface area (Å²) in [5.41, 5.74) is 7.82. The van der Waals surface area contributed by atoms with Gasteiger partial charge in [0.15, 0.2) is 11.6 Å². The summed E-state index contributed by atoms with van der Waals surface area (Å²) in [6.45, 7) is 2.36. The van der Waals surface area contributed by atoms with E-state index in [0.29, 0.717) is 46.3 Å². The van der Waals surface area contributed by atoms with Gasteiger partial charge in [0.1, 0.15) is 16.4 Å². The fraction of sp³-hybridized carbons (Fsp3) is 0.150. The van der Waals surface area contributed by atoms with Gasteiger partial charge in [0.25, 0.3) is 5.91 Å². The van der Waals surface area contributed by atoms with Crippen molar-refractivity contribution in [3.63, 3.8) is 0 Å². The monoisotopic (exact) mass is 408 g/mol. The molecular weight excluding hydrogens is 391 g/mol. The smallest absolute Gasteiger partial charge is 0.250 e. The maximum absolute atomic E-state index is 13.4. The number of nitrogens with zero attached hydrogens (tertiary/aromatic N) is 4. The highest BCUT2D eigenvalue weighted by Gasteiger charge is 2.18. The summed E-state index contributed by atoms with van der Waals surface area (Å²) in [5.74, 6) is 0.153. The molecule has 9 heteroatoms. The van der Waals surface area contributed by atoms with E-state index in [0.717, 1.165) is 10.9 Å². The van der Waals surface area contributed by atoms with Crippen LogP contribution >= 0.6 is 11.5 Å². The minimum atomic E-state index is -0.537. The zero-order chi connectivity index (χ0) is 20.4. The van der Waals surface area contributed by atoms with Crippen molar-refractivity contribution >= 4 is 34.2 Å². The molecule has 0 saturated carbocycles. The van der Waals surface area contributed by atoms with E-state index >= 15 is 0 Å². The van der Waals surface area contributed by atoms with Crippen molar-refractivity contribution in [1.82, 2.24) is 19.6 Å². The van der Waals surface area contributed by atoms with Crippen LogP contribution in [0.1, 0.15) is 28.5 Å². The molecule has 0 atom stereocenters. The van der Waals surface area contributed by atoms with E-state index in [9.17, 15) is 9.18 Å². The van der Waals surface area contributed by atoms with Crippen molar-refractivity contribution in [1.29, 1.82) is 0 Å². The van der Waals surface area contributed by atoms with Crippen molar-refractivity contribution in [3.8, 4) is 10.7 Å². The van der Waals surface area contributed by atoms with E-state index in [1.54, 1.807) is 18.2 Å². The van der Waals surface area contributed by atoms with E-state index in [1.807, 2.05) is 19.1 Å². The third-order valence-corrected chi connectivity index (χ3v) is 5.28. The Hall–Kier alpha value is -3.46. The van der Waals surface area contributed by atoms with Gasteiger partial charge in [-0.2, -0.15) is 4.37 Å². The first-order chi connectivity index (χ1) is 14.1. The third kappa shape index (κ3) is 3.77. The number of benzene rings is 2. The van der Waals surface area contributed by atoms with E-state index in [4.69, 9.17) is 5.73 Å². The summed E-state index contributed by atoms with van der Waals surface area (Å²) in [5, 5.41) is 12.5. The highest BCUT2D eigenvalue weighted by Crippen LogP contribution is 2.32. The summed E-state index contributed by atoms with van der Waals surface area (Å²) in [7, 11) is 0. The van der Waals surface area contributed by atoms with Gasteiger partial charge in [-0.25, -0.2) is 9.37 Å². The van der Waals surface area contributed by atoms with Gasteiger partial charge >= 0.3 is 0 Å². The summed E-state index contributed by atoms with van der Waals surface area (Å²) >= 11 is 1.19. The minimum Gasteiger partial charge on any atom is -0.366 e. The molecule has 0 aliphatic carbocycles. The third-order valence-electron chi connectivity index (χ3n) is 4.42. The Morgan fingerprint density at radius 1 is 1.21 bits per heavy atom. The zero-order valence-electron chi connectivity index (χ0n) is 15.5. The number of carbonyl (C=O) groups is 1. The van der Waals surface area contributed by atoms with Gasteiger partial charge in [0.2, 0.25) is 0 Å². The molecule has 2 aromatic carbocycles. The Balaban J connectivity index is 1.70. The first-order valence-corrected chi connectivity index (χ1v) is 9.74. The van der Waals surface area contributed by atoms with Crippen LogP contribution in [0.15, 0.2) is 42.5 Å². The van der Waals surface area contributed by atoms with Gasteiger partial charge < -0.3 is 11.1 Å². The van der Waals surface area contributed by atoms with Crippen LogP contribution < -0.4 is 11.1 Å². The van der Waals surface area contributed by atoms with Gasteiger partial charge in [-0.1, -0.05) is 31.2 Å². The number of nitrogens with two attached hydrogens (primary N) is 1. The molecule has 0 spiro atoms. The molecular formula is C20H17FN6OS. The van der Waals surface area contributed by atoms with Crippen LogP contribution in [0.3, 0.4) is 0 Å². The quantitative estimate of drug-likeness (QED) is 0.505. The van der Waals surface area contributed by atoms with E-state index in [-0.39, 0.29) is 5.82 Å². The van der Waals surface area contributed by atoms with Gasteiger partial charge in [-0.15, -0.1) is 10.2 Å². The van der Waals surface area contributed by atoms with Gasteiger partial charge in [-0.05, 0) is 41.7 Å². The SMILES string of the molecule is CCc1nnc(-c2snc3c(C(N)=O)cccc23)nc1NCc1cccc(F)c1. The van der Waals surface area contributed by atoms with Crippen LogP contribution in [-0.2, 0) is 13.0 Å². The van der Waals surface area contributed by atoms with E-state index in [1.165, 1.54) is 23.7 Å². The van der Waals surface area contributed by atoms with Crippen molar-refractivity contribution in [2.45, 2.75) is 19.9 Å². The van der Waals surface area contributed by atoms with Crippen LogP contribution in [0, 0.1) is 5.82 Å². The topological polar surface area (TPSA) is 107 Å². The number of aryl methyl sites for hydroxylation is 1. The Morgan fingerprint density at radius 3 is 2.79 bits per heavy atom. The number of primary amides is 1. The molecule has 146 valence electrons. The molecule has 0 unspecified atom stereocenters. The Labute approximate surface area is 170 Å². The number of halogens is 1. The standard InChI is InChI=1S/C20H17FN6OS/c1-2-15-19(23-10-11-5-3-6-12(21)9-11)24-20(26-25-15)17-13-7-4-8-14(18(22)28)16(13)27-29-17/h3-9H,2,10H2,1H3,(H2,22,28)(H,23,24,26). The summed E-state index contributed by atoms with van der Waals surface area (Å²) in [6, 6.07) is 11.6. The maximum Gasteiger partial charge on any atom is 0.250 e. The molecule has 0 aliphatic heterocycles. The summed E-state index contributed by atoms with van der Waals surface area (Å²) in [6.07, 6.45) is 0.640. The lowest BCUT2D eigenvalue weighted by atomic mass is 10.1. The summed E-state index contributed by atoms with van der Waals surface area (Å²) < 4.78 is 17.8. The number of carbonyl (C=O) groups excluding carboxylic acids is 1. The second-order valence-electron chi connectivity index (χ2n) is 6.35. The predicted octanol–water partition coefficient (Wildman–Crippen LogP) is 3.56. The molecule has 4 rings (SSSR count). The summed E-state index contributed by atoms with van der Waals surface area (Å²) in [4.78, 5) is 17.0. The largest absolute Gasteiger partial charge is 0.366 e. The van der Waals surface area contributed by atoms with Gasteiger partial charge in [-0.3, -0.25) is 4.79 Å². The molecule has 0 fully saturated rings. The second kappa shape index (κ2) is 7.88. The lowest BCUT2D eigenvalue weighted by Gasteiger charge is -2.10. The van der Waals surface area contributed by atoms with Crippen molar-refractivity contribution in [2.75, 3.05) is 5.32 Å². The molecule has 0 aliphatic rings. The molecule has 0 bridgehead atoms. The fourth-order valence-corrected chi connectivity index (χ4v) is 3.79.